The smallest absolute Gasteiger partial charge is 0.347 e. The number of rotatable bonds is 5. The van der Waals surface area contributed by atoms with Crippen LogP contribution in [0.15, 0.2) is 73.4 Å². The number of thioether (sulfide) groups is 1. The Morgan fingerprint density at radius 1 is 1.04 bits per heavy atom. The highest BCUT2D eigenvalue weighted by Gasteiger charge is 2.16. The average Bonchev–Trinajstić information content (AvgIpc) is 3.14. The van der Waals surface area contributed by atoms with Crippen molar-refractivity contribution in [1.29, 1.82) is 0 Å². The second kappa shape index (κ2) is 7.38. The SMILES string of the molecule is O=C(CSc1nnc(-c2cccc(Cl)c2)o1)c1cc2ccccc2oc1=O. The molecule has 2 aromatic heterocycles. The van der Waals surface area contributed by atoms with Gasteiger partial charge in [-0.25, -0.2) is 4.79 Å². The summed E-state index contributed by atoms with van der Waals surface area (Å²) < 4.78 is 10.7. The van der Waals surface area contributed by atoms with Gasteiger partial charge in [-0.15, -0.1) is 10.2 Å². The van der Waals surface area contributed by atoms with Gasteiger partial charge in [0, 0.05) is 16.0 Å². The Bertz CT molecular complexity index is 1200. The summed E-state index contributed by atoms with van der Waals surface area (Å²) in [5.74, 6) is -0.0972. The summed E-state index contributed by atoms with van der Waals surface area (Å²) in [4.78, 5) is 24.5. The van der Waals surface area contributed by atoms with Gasteiger partial charge in [-0.2, -0.15) is 0 Å². The number of benzene rings is 2. The van der Waals surface area contributed by atoms with Crippen molar-refractivity contribution in [2.24, 2.45) is 0 Å². The Balaban J connectivity index is 1.50. The van der Waals surface area contributed by atoms with Crippen molar-refractivity contribution in [3.05, 3.63) is 75.6 Å². The van der Waals surface area contributed by atoms with E-state index in [2.05, 4.69) is 10.2 Å². The zero-order valence-electron chi connectivity index (χ0n) is 13.7. The van der Waals surface area contributed by atoms with E-state index in [0.717, 1.165) is 11.8 Å². The molecule has 4 rings (SSSR count). The molecule has 0 spiro atoms. The van der Waals surface area contributed by atoms with E-state index in [1.54, 1.807) is 48.5 Å². The highest BCUT2D eigenvalue weighted by Crippen LogP contribution is 2.25. The van der Waals surface area contributed by atoms with Gasteiger partial charge in [0.15, 0.2) is 5.78 Å². The van der Waals surface area contributed by atoms with E-state index in [9.17, 15) is 9.59 Å². The first-order valence-corrected chi connectivity index (χ1v) is 9.25. The molecule has 0 saturated heterocycles. The van der Waals surface area contributed by atoms with Crippen molar-refractivity contribution in [2.45, 2.75) is 5.22 Å². The Morgan fingerprint density at radius 3 is 2.74 bits per heavy atom. The highest BCUT2D eigenvalue weighted by molar-refractivity contribution is 7.99. The van der Waals surface area contributed by atoms with Crippen molar-refractivity contribution in [2.75, 3.05) is 5.75 Å². The molecule has 0 atom stereocenters. The molecule has 0 unspecified atom stereocenters. The van der Waals surface area contributed by atoms with Crippen molar-refractivity contribution < 1.29 is 13.6 Å². The maximum absolute atomic E-state index is 12.4. The normalized spacial score (nSPS) is 11.0. The van der Waals surface area contributed by atoms with Crippen molar-refractivity contribution in [3.63, 3.8) is 0 Å². The number of fused-ring (bicyclic) bond motifs is 1. The minimum absolute atomic E-state index is 0.00391. The molecule has 0 radical (unpaired) electrons. The Labute approximate surface area is 162 Å². The number of para-hydroxylation sites is 1. The number of aromatic nitrogens is 2. The Hall–Kier alpha value is -2.90. The number of hydrogen-bond acceptors (Lipinski definition) is 7. The summed E-state index contributed by atoms with van der Waals surface area (Å²) in [5.41, 5.74) is 0.457. The number of Topliss-reactive ketones (excluding diaryl/α,β-unsaturated/α-hetero) is 1. The summed E-state index contributed by atoms with van der Waals surface area (Å²) in [5, 5.41) is 9.32. The van der Waals surface area contributed by atoms with Crippen LogP contribution >= 0.6 is 23.4 Å². The molecule has 0 fully saturated rings. The summed E-state index contributed by atoms with van der Waals surface area (Å²) in [7, 11) is 0. The van der Waals surface area contributed by atoms with Crippen LogP contribution in [0.4, 0.5) is 0 Å². The molecule has 6 nitrogen and oxygen atoms in total. The van der Waals surface area contributed by atoms with Crippen LogP contribution in [0.2, 0.25) is 5.02 Å². The fourth-order valence-electron chi connectivity index (χ4n) is 2.47. The first-order chi connectivity index (χ1) is 13.1. The lowest BCUT2D eigenvalue weighted by Gasteiger charge is -2.00. The van der Waals surface area contributed by atoms with Gasteiger partial charge in [-0.3, -0.25) is 4.79 Å². The van der Waals surface area contributed by atoms with Gasteiger partial charge in [0.25, 0.3) is 5.22 Å². The lowest BCUT2D eigenvalue weighted by atomic mass is 10.1. The molecular weight excluding hydrogens is 388 g/mol. The van der Waals surface area contributed by atoms with Crippen LogP contribution in [0.5, 0.6) is 0 Å². The van der Waals surface area contributed by atoms with Crippen LogP contribution in [0.1, 0.15) is 10.4 Å². The second-order valence-electron chi connectivity index (χ2n) is 5.58. The van der Waals surface area contributed by atoms with Crippen LogP contribution in [0.25, 0.3) is 22.4 Å². The highest BCUT2D eigenvalue weighted by atomic mass is 35.5. The second-order valence-corrected chi connectivity index (χ2v) is 6.94. The summed E-state index contributed by atoms with van der Waals surface area (Å²) in [6.07, 6.45) is 0. The number of hydrogen-bond donors (Lipinski definition) is 0. The number of nitrogens with zero attached hydrogens (tertiary/aromatic N) is 2. The third kappa shape index (κ3) is 3.79. The fraction of sp³-hybridized carbons (Fsp3) is 0.0526. The molecule has 0 aliphatic heterocycles. The molecule has 2 aromatic carbocycles. The monoisotopic (exact) mass is 398 g/mol. The minimum Gasteiger partial charge on any atom is -0.422 e. The van der Waals surface area contributed by atoms with Crippen LogP contribution < -0.4 is 5.63 Å². The van der Waals surface area contributed by atoms with Crippen molar-refractivity contribution >= 4 is 40.1 Å². The summed E-state index contributed by atoms with van der Waals surface area (Å²) >= 11 is 7.00. The lowest BCUT2D eigenvalue weighted by Crippen LogP contribution is -2.15. The molecule has 4 aromatic rings. The van der Waals surface area contributed by atoms with Crippen LogP contribution in [-0.4, -0.2) is 21.7 Å². The summed E-state index contributed by atoms with van der Waals surface area (Å²) in [6, 6.07) is 15.6. The van der Waals surface area contributed by atoms with Crippen molar-refractivity contribution in [3.8, 4) is 11.5 Å². The maximum Gasteiger partial charge on any atom is 0.347 e. The molecular formula is C19H11ClN2O4S. The van der Waals surface area contributed by atoms with Gasteiger partial charge in [0.1, 0.15) is 11.1 Å². The zero-order chi connectivity index (χ0) is 18.8. The van der Waals surface area contributed by atoms with E-state index in [1.165, 1.54) is 6.07 Å². The maximum atomic E-state index is 12.4. The van der Waals surface area contributed by atoms with E-state index in [1.807, 2.05) is 0 Å². The van der Waals surface area contributed by atoms with E-state index >= 15 is 0 Å². The lowest BCUT2D eigenvalue weighted by molar-refractivity contribution is 0.101. The third-order valence-corrected chi connectivity index (χ3v) is 4.80. The number of carbonyl (C=O) groups excluding carboxylic acids is 1. The van der Waals surface area contributed by atoms with Gasteiger partial charge in [0.2, 0.25) is 5.89 Å². The molecule has 0 amide bonds. The molecule has 0 aliphatic carbocycles. The number of ketones is 1. The third-order valence-electron chi connectivity index (χ3n) is 3.75. The van der Waals surface area contributed by atoms with E-state index in [-0.39, 0.29) is 22.3 Å². The molecule has 8 heteroatoms. The number of carbonyl (C=O) groups is 1. The van der Waals surface area contributed by atoms with Crippen LogP contribution in [0, 0.1) is 0 Å². The van der Waals surface area contributed by atoms with E-state index < -0.39 is 5.63 Å². The quantitative estimate of drug-likeness (QED) is 0.278. The van der Waals surface area contributed by atoms with Gasteiger partial charge in [-0.05, 0) is 30.3 Å². The Morgan fingerprint density at radius 2 is 1.89 bits per heavy atom. The van der Waals surface area contributed by atoms with Gasteiger partial charge < -0.3 is 8.83 Å². The van der Waals surface area contributed by atoms with Gasteiger partial charge in [0.05, 0.1) is 5.75 Å². The topological polar surface area (TPSA) is 86.2 Å². The average molecular weight is 399 g/mol. The minimum atomic E-state index is -0.663. The van der Waals surface area contributed by atoms with E-state index in [4.69, 9.17) is 20.4 Å². The van der Waals surface area contributed by atoms with Crippen LogP contribution in [-0.2, 0) is 0 Å². The van der Waals surface area contributed by atoms with E-state index in [0.29, 0.717) is 27.4 Å². The molecule has 2 heterocycles. The molecule has 0 aliphatic rings. The molecule has 134 valence electrons. The largest absolute Gasteiger partial charge is 0.422 e. The first kappa shape index (κ1) is 17.5. The molecule has 0 saturated carbocycles. The Kier molecular flexibility index (Phi) is 4.79. The summed E-state index contributed by atoms with van der Waals surface area (Å²) in [6.45, 7) is 0. The standard InChI is InChI=1S/C19H11ClN2O4S/c20-13-6-3-5-12(8-13)17-21-22-19(26-17)27-10-15(23)14-9-11-4-1-2-7-16(11)25-18(14)24/h1-9H,10H2. The van der Waals surface area contributed by atoms with Gasteiger partial charge >= 0.3 is 5.63 Å². The fourth-order valence-corrected chi connectivity index (χ4v) is 3.30. The van der Waals surface area contributed by atoms with Gasteiger partial charge in [-0.1, -0.05) is 47.6 Å². The van der Waals surface area contributed by atoms with Crippen LogP contribution in [0.3, 0.4) is 0 Å². The zero-order valence-corrected chi connectivity index (χ0v) is 15.3. The molecule has 0 bridgehead atoms. The number of halogens is 1. The predicted octanol–water partition coefficient (Wildman–Crippen LogP) is 4.47. The van der Waals surface area contributed by atoms with Crippen molar-refractivity contribution in [1.82, 2.24) is 10.2 Å². The molecule has 27 heavy (non-hydrogen) atoms. The first-order valence-electron chi connectivity index (χ1n) is 7.88. The molecule has 0 N–H and O–H groups in total. The predicted molar refractivity (Wildman–Crippen MR) is 102 cm³/mol.